The highest BCUT2D eigenvalue weighted by atomic mass is 32.3. The van der Waals surface area contributed by atoms with Gasteiger partial charge in [-0.3, -0.25) is 0 Å². The van der Waals surface area contributed by atoms with Crippen molar-refractivity contribution in [2.45, 2.75) is 13.3 Å². The van der Waals surface area contributed by atoms with Crippen LogP contribution in [0.15, 0.2) is 12.2 Å². The first-order valence-electron chi connectivity index (χ1n) is 3.78. The number of carbonyl (C=O) groups is 1. The molecule has 0 aromatic heterocycles. The van der Waals surface area contributed by atoms with Gasteiger partial charge in [0.05, 0.1) is 6.61 Å². The lowest BCUT2D eigenvalue weighted by Crippen LogP contribution is -2.16. The Morgan fingerprint density at radius 2 is 2.07 bits per heavy atom. The van der Waals surface area contributed by atoms with Gasteiger partial charge < -0.3 is 9.29 Å². The highest BCUT2D eigenvalue weighted by molar-refractivity contribution is 7.82. The van der Waals surface area contributed by atoms with E-state index in [1.807, 2.05) is 0 Å². The van der Waals surface area contributed by atoms with E-state index in [9.17, 15) is 13.2 Å². The Morgan fingerprint density at radius 3 is 2.50 bits per heavy atom. The molecule has 0 heterocycles. The summed E-state index contributed by atoms with van der Waals surface area (Å²) in [5, 5.41) is 8.34. The first-order valence-corrected chi connectivity index (χ1v) is 5.12. The second kappa shape index (κ2) is 5.74. The Labute approximate surface area is 82.5 Å². The zero-order valence-electron chi connectivity index (χ0n) is 7.73. The van der Waals surface area contributed by atoms with Crippen molar-refractivity contribution in [3.05, 3.63) is 12.2 Å². The van der Waals surface area contributed by atoms with E-state index >= 15 is 0 Å². The van der Waals surface area contributed by atoms with Crippen LogP contribution < -0.4 is 0 Å². The summed E-state index contributed by atoms with van der Waals surface area (Å²) in [6, 6.07) is 0. The molecule has 0 aliphatic heterocycles. The molecule has 0 saturated carbocycles. The molecule has 14 heavy (non-hydrogen) atoms. The molecule has 0 radical (unpaired) electrons. The molecule has 6 nitrogen and oxygen atoms in total. The summed E-state index contributed by atoms with van der Waals surface area (Å²) >= 11 is 0. The van der Waals surface area contributed by atoms with Gasteiger partial charge in [0, 0.05) is 12.2 Å². The molecule has 0 atom stereocenters. The van der Waals surface area contributed by atoms with E-state index in [1.165, 1.54) is 6.92 Å². The third-order valence-electron chi connectivity index (χ3n) is 1.06. The van der Waals surface area contributed by atoms with Gasteiger partial charge in [-0.15, -0.1) is 0 Å². The van der Waals surface area contributed by atoms with Crippen LogP contribution >= 0.6 is 0 Å². The summed E-state index contributed by atoms with van der Waals surface area (Å²) in [4.78, 5) is 10.8. The number of hydrogen-bond donors (Lipinski definition) is 1. The zero-order valence-corrected chi connectivity index (χ0v) is 8.54. The highest BCUT2D eigenvalue weighted by Gasteiger charge is 2.18. The fourth-order valence-corrected chi connectivity index (χ4v) is 1.11. The second-order valence-electron chi connectivity index (χ2n) is 2.46. The molecule has 0 aromatic carbocycles. The molecule has 0 bridgehead atoms. The SMILES string of the molecule is C=C(C)C(=O)OS(=O)(=O)OCCCO. The monoisotopic (exact) mass is 224 g/mol. The van der Waals surface area contributed by atoms with Gasteiger partial charge in [0.15, 0.2) is 0 Å². The molecule has 0 fully saturated rings. The van der Waals surface area contributed by atoms with Gasteiger partial charge in [-0.25, -0.2) is 8.98 Å². The Hall–Kier alpha value is -0.920. The van der Waals surface area contributed by atoms with E-state index in [-0.39, 0.29) is 25.2 Å². The van der Waals surface area contributed by atoms with Crippen LogP contribution in [-0.4, -0.2) is 32.7 Å². The molecule has 1 N–H and O–H groups in total. The molecule has 82 valence electrons. The Bertz CT molecular complexity index is 304. The number of rotatable bonds is 6. The van der Waals surface area contributed by atoms with Crippen LogP contribution in [0, 0.1) is 0 Å². The summed E-state index contributed by atoms with van der Waals surface area (Å²) in [6.07, 6.45) is 0.143. The lowest BCUT2D eigenvalue weighted by Gasteiger charge is -2.04. The van der Waals surface area contributed by atoms with Crippen molar-refractivity contribution < 1.29 is 26.7 Å². The fourth-order valence-electron chi connectivity index (χ4n) is 0.413. The molecular weight excluding hydrogens is 212 g/mol. The van der Waals surface area contributed by atoms with Gasteiger partial charge in [0.2, 0.25) is 0 Å². The molecule has 0 spiro atoms. The lowest BCUT2D eigenvalue weighted by molar-refractivity contribution is -0.130. The molecule has 0 aliphatic carbocycles. The largest absolute Gasteiger partial charge is 0.451 e. The van der Waals surface area contributed by atoms with Gasteiger partial charge in [-0.05, 0) is 13.3 Å². The van der Waals surface area contributed by atoms with Crippen LogP contribution in [-0.2, 0) is 23.6 Å². The van der Waals surface area contributed by atoms with Crippen molar-refractivity contribution >= 4 is 16.4 Å². The molecule has 0 unspecified atom stereocenters. The first kappa shape index (κ1) is 13.1. The first-order chi connectivity index (χ1) is 6.39. The van der Waals surface area contributed by atoms with Crippen molar-refractivity contribution in [1.82, 2.24) is 0 Å². The summed E-state index contributed by atoms with van der Waals surface area (Å²) in [6.45, 7) is 4.07. The lowest BCUT2D eigenvalue weighted by atomic mass is 10.4. The van der Waals surface area contributed by atoms with E-state index in [1.54, 1.807) is 0 Å². The molecule has 0 aliphatic rings. The van der Waals surface area contributed by atoms with Crippen LogP contribution in [0.3, 0.4) is 0 Å². The standard InChI is InChI=1S/C7H12O6S/c1-6(2)7(9)13-14(10,11)12-5-3-4-8/h8H,1,3-5H2,2H3. The highest BCUT2D eigenvalue weighted by Crippen LogP contribution is 2.01. The van der Waals surface area contributed by atoms with Crippen LogP contribution in [0.1, 0.15) is 13.3 Å². The molecule has 0 aromatic rings. The number of aliphatic hydroxyl groups is 1. The van der Waals surface area contributed by atoms with Crippen molar-refractivity contribution in [3.63, 3.8) is 0 Å². The maximum absolute atomic E-state index is 10.8. The minimum Gasteiger partial charge on any atom is -0.396 e. The topological polar surface area (TPSA) is 89.9 Å². The maximum atomic E-state index is 10.8. The fraction of sp³-hybridized carbons (Fsp3) is 0.571. The van der Waals surface area contributed by atoms with Gasteiger partial charge in [0.1, 0.15) is 0 Å². The smallest absolute Gasteiger partial charge is 0.396 e. The van der Waals surface area contributed by atoms with Crippen molar-refractivity contribution in [1.29, 1.82) is 0 Å². The van der Waals surface area contributed by atoms with Gasteiger partial charge in [-0.1, -0.05) is 6.58 Å². The molecule has 0 saturated heterocycles. The molecule has 7 heteroatoms. The van der Waals surface area contributed by atoms with Crippen LogP contribution in [0.2, 0.25) is 0 Å². The van der Waals surface area contributed by atoms with Gasteiger partial charge in [0.25, 0.3) is 0 Å². The van der Waals surface area contributed by atoms with Gasteiger partial charge in [-0.2, -0.15) is 8.42 Å². The van der Waals surface area contributed by atoms with E-state index in [0.29, 0.717) is 0 Å². The van der Waals surface area contributed by atoms with Crippen molar-refractivity contribution in [2.24, 2.45) is 0 Å². The van der Waals surface area contributed by atoms with Gasteiger partial charge >= 0.3 is 16.4 Å². The minimum atomic E-state index is -4.32. The summed E-state index contributed by atoms with van der Waals surface area (Å²) in [5.41, 5.74) is -0.0423. The van der Waals surface area contributed by atoms with E-state index < -0.39 is 16.4 Å². The third kappa shape index (κ3) is 5.68. The Balaban J connectivity index is 4.08. The Kier molecular flexibility index (Phi) is 5.36. The van der Waals surface area contributed by atoms with Crippen LogP contribution in [0.25, 0.3) is 0 Å². The minimum absolute atomic E-state index is 0.0423. The number of hydrogen-bond acceptors (Lipinski definition) is 6. The average molecular weight is 224 g/mol. The summed E-state index contributed by atoms with van der Waals surface area (Å²) in [5.74, 6) is -1.06. The zero-order chi connectivity index (χ0) is 11.2. The Morgan fingerprint density at radius 1 is 1.50 bits per heavy atom. The summed E-state index contributed by atoms with van der Waals surface area (Å²) < 4.78 is 29.9. The maximum Gasteiger partial charge on any atom is 0.451 e. The van der Waals surface area contributed by atoms with Crippen LogP contribution in [0.4, 0.5) is 0 Å². The molecular formula is C7H12O6S. The second-order valence-corrected chi connectivity index (χ2v) is 3.68. The summed E-state index contributed by atoms with van der Waals surface area (Å²) in [7, 11) is -4.32. The third-order valence-corrected chi connectivity index (χ3v) is 1.87. The van der Waals surface area contributed by atoms with E-state index in [0.717, 1.165) is 0 Å². The normalized spacial score (nSPS) is 11.0. The quantitative estimate of drug-likeness (QED) is 0.494. The number of aliphatic hydroxyl groups excluding tert-OH is 1. The van der Waals surface area contributed by atoms with Crippen molar-refractivity contribution in [2.75, 3.05) is 13.2 Å². The predicted molar refractivity (Wildman–Crippen MR) is 47.5 cm³/mol. The van der Waals surface area contributed by atoms with Crippen LogP contribution in [0.5, 0.6) is 0 Å². The predicted octanol–water partition coefficient (Wildman–Crippen LogP) is -0.250. The number of carbonyl (C=O) groups excluding carboxylic acids is 1. The van der Waals surface area contributed by atoms with E-state index in [2.05, 4.69) is 14.9 Å². The molecule has 0 amide bonds. The van der Waals surface area contributed by atoms with Crippen molar-refractivity contribution in [3.8, 4) is 0 Å². The van der Waals surface area contributed by atoms with E-state index in [4.69, 9.17) is 5.11 Å². The average Bonchev–Trinajstić information content (AvgIpc) is 2.03. The molecule has 0 rings (SSSR count).